The molecule has 0 atom stereocenters. The highest BCUT2D eigenvalue weighted by Gasteiger charge is 2.28. The van der Waals surface area contributed by atoms with Crippen LogP contribution in [0.15, 0.2) is 23.2 Å². The van der Waals surface area contributed by atoms with Crippen molar-refractivity contribution in [2.24, 2.45) is 4.99 Å². The van der Waals surface area contributed by atoms with Crippen molar-refractivity contribution in [1.29, 1.82) is 0 Å². The molecule has 2 aliphatic heterocycles. The van der Waals surface area contributed by atoms with Gasteiger partial charge < -0.3 is 15.0 Å². The summed E-state index contributed by atoms with van der Waals surface area (Å²) in [5, 5.41) is 26.2. The number of nitro groups is 1. The van der Waals surface area contributed by atoms with E-state index >= 15 is 0 Å². The summed E-state index contributed by atoms with van der Waals surface area (Å²) in [6.07, 6.45) is 3.63. The minimum Gasteiger partial charge on any atom is -0.494 e. The number of nitrogens with zero attached hydrogens (tertiary/aromatic N) is 3. The topological polar surface area (TPSA) is 92.7 Å². The van der Waals surface area contributed by atoms with Crippen LogP contribution in [0.2, 0.25) is 0 Å². The number of hydrogen-bond donors (Lipinski definition) is 2. The Morgan fingerprint density at radius 2 is 2.12 bits per heavy atom. The molecule has 1 aromatic carbocycles. The maximum atomic E-state index is 11.2. The van der Waals surface area contributed by atoms with Crippen molar-refractivity contribution in [3.63, 3.8) is 0 Å². The summed E-state index contributed by atoms with van der Waals surface area (Å²) < 4.78 is 1.95. The van der Waals surface area contributed by atoms with Crippen LogP contribution in [0, 0.1) is 10.1 Å². The Morgan fingerprint density at radius 1 is 1.33 bits per heavy atom. The fraction of sp³-hybridized carbons (Fsp3) is 0.471. The molecule has 0 amide bonds. The van der Waals surface area contributed by atoms with Crippen LogP contribution < -0.4 is 5.32 Å². The predicted octanol–water partition coefficient (Wildman–Crippen LogP) is 2.76. The third-order valence-corrected chi connectivity index (χ3v) is 5.01. The molecule has 2 N–H and O–H groups in total. The second-order valence-corrected chi connectivity index (χ2v) is 6.44. The highest BCUT2D eigenvalue weighted by atomic mass is 16.6. The van der Waals surface area contributed by atoms with Gasteiger partial charge in [0.05, 0.1) is 16.0 Å². The van der Waals surface area contributed by atoms with Gasteiger partial charge in [0.2, 0.25) is 5.88 Å². The summed E-state index contributed by atoms with van der Waals surface area (Å²) in [5.41, 5.74) is 2.45. The Bertz CT molecular complexity index is 834. The van der Waals surface area contributed by atoms with Crippen molar-refractivity contribution in [3.8, 4) is 5.88 Å². The first-order valence-electron chi connectivity index (χ1n) is 8.42. The number of nitro benzene ring substituents is 1. The van der Waals surface area contributed by atoms with Gasteiger partial charge in [-0.2, -0.15) is 0 Å². The normalized spacial score (nSPS) is 18.9. The lowest BCUT2D eigenvalue weighted by Crippen LogP contribution is -2.29. The summed E-state index contributed by atoms with van der Waals surface area (Å²) in [4.78, 5) is 15.3. The molecule has 7 nitrogen and oxygen atoms in total. The smallest absolute Gasteiger partial charge is 0.270 e. The van der Waals surface area contributed by atoms with Gasteiger partial charge in [0.1, 0.15) is 0 Å². The van der Waals surface area contributed by atoms with E-state index in [0.29, 0.717) is 5.56 Å². The molecule has 4 rings (SSSR count). The second-order valence-electron chi connectivity index (χ2n) is 6.44. The molecule has 3 heterocycles. The van der Waals surface area contributed by atoms with Gasteiger partial charge in [-0.1, -0.05) is 0 Å². The minimum absolute atomic E-state index is 0.0461. The molecule has 7 heteroatoms. The van der Waals surface area contributed by atoms with Crippen molar-refractivity contribution < 1.29 is 10.0 Å². The molecule has 0 unspecified atom stereocenters. The lowest BCUT2D eigenvalue weighted by atomic mass is 10.1. The van der Waals surface area contributed by atoms with E-state index in [1.54, 1.807) is 12.1 Å². The first-order valence-corrected chi connectivity index (χ1v) is 8.42. The van der Waals surface area contributed by atoms with Gasteiger partial charge in [0, 0.05) is 35.8 Å². The van der Waals surface area contributed by atoms with Crippen molar-refractivity contribution in [1.82, 2.24) is 9.88 Å². The highest BCUT2D eigenvalue weighted by Crippen LogP contribution is 2.40. The van der Waals surface area contributed by atoms with E-state index in [4.69, 9.17) is 0 Å². The molecular weight excluding hydrogens is 308 g/mol. The third-order valence-electron chi connectivity index (χ3n) is 5.01. The number of aromatic nitrogens is 1. The fourth-order valence-electron chi connectivity index (χ4n) is 3.87. The number of rotatable bonds is 3. The first kappa shape index (κ1) is 15.1. The van der Waals surface area contributed by atoms with Crippen LogP contribution in [-0.4, -0.2) is 39.9 Å². The van der Waals surface area contributed by atoms with Crippen LogP contribution in [0.4, 0.5) is 5.69 Å². The SMILES string of the molecule is O=[N+]([O-])c1ccc2c(c1)c(C1=NCCC1)c(O)n2C1CCNCC1. The number of fused-ring (bicyclic) bond motifs is 1. The largest absolute Gasteiger partial charge is 0.494 e. The van der Waals surface area contributed by atoms with Crippen LogP contribution in [0.25, 0.3) is 10.9 Å². The van der Waals surface area contributed by atoms with Gasteiger partial charge in [0.15, 0.2) is 0 Å². The summed E-state index contributed by atoms with van der Waals surface area (Å²) in [6, 6.07) is 5.04. The molecule has 0 spiro atoms. The number of benzene rings is 1. The van der Waals surface area contributed by atoms with Gasteiger partial charge >= 0.3 is 0 Å². The van der Waals surface area contributed by atoms with E-state index in [1.807, 2.05) is 4.57 Å². The zero-order chi connectivity index (χ0) is 16.7. The molecule has 1 saturated heterocycles. The van der Waals surface area contributed by atoms with Crippen LogP contribution in [0.5, 0.6) is 5.88 Å². The van der Waals surface area contributed by atoms with Crippen LogP contribution in [-0.2, 0) is 0 Å². The minimum atomic E-state index is -0.390. The standard InChI is InChI=1S/C17H20N4O3/c22-17-16(14-2-1-7-19-14)13-10-12(21(23)24)3-4-15(13)20(17)11-5-8-18-9-6-11/h3-4,10-11,18,22H,1-2,5-9H2. The van der Waals surface area contributed by atoms with Crippen molar-refractivity contribution in [3.05, 3.63) is 33.9 Å². The van der Waals surface area contributed by atoms with Crippen molar-refractivity contribution >= 4 is 22.3 Å². The molecular formula is C17H20N4O3. The van der Waals surface area contributed by atoms with E-state index < -0.39 is 4.92 Å². The Kier molecular flexibility index (Phi) is 3.72. The van der Waals surface area contributed by atoms with Crippen LogP contribution >= 0.6 is 0 Å². The zero-order valence-electron chi connectivity index (χ0n) is 13.4. The second kappa shape index (κ2) is 5.90. The van der Waals surface area contributed by atoms with E-state index in [-0.39, 0.29) is 17.6 Å². The average molecular weight is 328 g/mol. The quantitative estimate of drug-likeness (QED) is 0.669. The van der Waals surface area contributed by atoms with Crippen LogP contribution in [0.3, 0.4) is 0 Å². The van der Waals surface area contributed by atoms with E-state index in [0.717, 1.165) is 61.9 Å². The van der Waals surface area contributed by atoms with Gasteiger partial charge in [-0.15, -0.1) is 0 Å². The molecule has 0 aliphatic carbocycles. The molecule has 0 bridgehead atoms. The summed E-state index contributed by atoms with van der Waals surface area (Å²) >= 11 is 0. The maximum absolute atomic E-state index is 11.2. The summed E-state index contributed by atoms with van der Waals surface area (Å²) in [6.45, 7) is 2.57. The van der Waals surface area contributed by atoms with Gasteiger partial charge in [-0.05, 0) is 44.8 Å². The summed E-state index contributed by atoms with van der Waals surface area (Å²) in [7, 11) is 0. The Labute approximate surface area is 139 Å². The van der Waals surface area contributed by atoms with E-state index in [2.05, 4.69) is 10.3 Å². The lowest BCUT2D eigenvalue weighted by molar-refractivity contribution is -0.384. The zero-order valence-corrected chi connectivity index (χ0v) is 13.4. The Hall–Kier alpha value is -2.41. The molecule has 2 aromatic rings. The first-order chi connectivity index (χ1) is 11.7. The number of aromatic hydroxyl groups is 1. The van der Waals surface area contributed by atoms with Gasteiger partial charge in [0.25, 0.3) is 5.69 Å². The average Bonchev–Trinajstić information content (AvgIpc) is 3.20. The van der Waals surface area contributed by atoms with Crippen molar-refractivity contribution in [2.75, 3.05) is 19.6 Å². The van der Waals surface area contributed by atoms with Crippen LogP contribution in [0.1, 0.15) is 37.3 Å². The highest BCUT2D eigenvalue weighted by molar-refractivity contribution is 6.14. The predicted molar refractivity (Wildman–Crippen MR) is 92.0 cm³/mol. The number of aliphatic imine (C=N–C) groups is 1. The van der Waals surface area contributed by atoms with Crippen molar-refractivity contribution in [2.45, 2.75) is 31.7 Å². The molecule has 2 aliphatic rings. The van der Waals surface area contributed by atoms with Gasteiger partial charge in [-0.3, -0.25) is 15.1 Å². The summed E-state index contributed by atoms with van der Waals surface area (Å²) in [5.74, 6) is 0.207. The van der Waals surface area contributed by atoms with Gasteiger partial charge in [-0.25, -0.2) is 0 Å². The molecule has 24 heavy (non-hydrogen) atoms. The molecule has 1 aromatic heterocycles. The number of hydrogen-bond acceptors (Lipinski definition) is 5. The lowest BCUT2D eigenvalue weighted by Gasteiger charge is -2.25. The molecule has 0 radical (unpaired) electrons. The Morgan fingerprint density at radius 3 is 2.79 bits per heavy atom. The number of non-ortho nitro benzene ring substituents is 1. The third kappa shape index (κ3) is 2.36. The number of nitrogens with one attached hydrogen (secondary N) is 1. The Balaban J connectivity index is 1.95. The molecule has 0 saturated carbocycles. The maximum Gasteiger partial charge on any atom is 0.270 e. The monoisotopic (exact) mass is 328 g/mol. The fourth-order valence-corrected chi connectivity index (χ4v) is 3.87. The molecule has 1 fully saturated rings. The number of piperidine rings is 1. The van der Waals surface area contributed by atoms with E-state index in [9.17, 15) is 15.2 Å². The van der Waals surface area contributed by atoms with E-state index in [1.165, 1.54) is 6.07 Å². The molecule has 126 valence electrons.